The molecule has 0 unspecified atom stereocenters. The highest BCUT2D eigenvalue weighted by atomic mass is 35.5. The molecule has 0 saturated carbocycles. The van der Waals surface area contributed by atoms with Crippen molar-refractivity contribution in [2.75, 3.05) is 0 Å². The summed E-state index contributed by atoms with van der Waals surface area (Å²) in [5.74, 6) is 0. The van der Waals surface area contributed by atoms with E-state index in [0.29, 0.717) is 27.8 Å². The number of hydrogen-bond acceptors (Lipinski definition) is 4. The predicted molar refractivity (Wildman–Crippen MR) is 150 cm³/mol. The highest BCUT2D eigenvalue weighted by molar-refractivity contribution is 6.33. The monoisotopic (exact) mass is 694 g/mol. The second-order valence-electron chi connectivity index (χ2n) is 9.03. The van der Waals surface area contributed by atoms with Crippen molar-refractivity contribution in [3.05, 3.63) is 117 Å². The molecule has 0 spiro atoms. The summed E-state index contributed by atoms with van der Waals surface area (Å²) < 4.78 is 114. The summed E-state index contributed by atoms with van der Waals surface area (Å²) in [6.07, 6.45) is -13.3. The van der Waals surface area contributed by atoms with E-state index in [2.05, 4.69) is 20.4 Å². The van der Waals surface area contributed by atoms with E-state index >= 15 is 0 Å². The van der Waals surface area contributed by atoms with Crippen LogP contribution < -0.4 is 0 Å². The lowest BCUT2D eigenvalue weighted by Gasteiger charge is -2.12. The Kier molecular flexibility index (Phi) is 9.95. The van der Waals surface area contributed by atoms with E-state index < -0.39 is 35.2 Å². The Morgan fingerprint density at radius 3 is 1.13 bits per heavy atom. The third kappa shape index (κ3) is 8.62. The SMILES string of the molecule is FC(F)(F)c1ccc(-c2cc(Cl)nnc2-c2ccc(C(F)(F)F)cc2)cc1.FC(F)(F)c1ccc(-c2cc(Cl)nnc2Cl)cc1. The quantitative estimate of drug-likeness (QED) is 0.176. The summed E-state index contributed by atoms with van der Waals surface area (Å²) in [5.41, 5.74) is -0.210. The molecule has 0 aliphatic carbocycles. The number of halogens is 12. The Morgan fingerprint density at radius 2 is 0.733 bits per heavy atom. The molecular weight excluding hydrogens is 682 g/mol. The molecule has 0 N–H and O–H groups in total. The maximum Gasteiger partial charge on any atom is 0.416 e. The predicted octanol–water partition coefficient (Wildman–Crippen LogP) is 11.0. The minimum atomic E-state index is -4.49. The van der Waals surface area contributed by atoms with Crippen LogP contribution in [0.4, 0.5) is 39.5 Å². The zero-order chi connectivity index (χ0) is 33.2. The molecule has 0 amide bonds. The van der Waals surface area contributed by atoms with Crippen molar-refractivity contribution in [3.8, 4) is 33.5 Å². The second-order valence-corrected chi connectivity index (χ2v) is 10.2. The van der Waals surface area contributed by atoms with Gasteiger partial charge in [-0.3, -0.25) is 0 Å². The normalized spacial score (nSPS) is 12.0. The molecule has 16 heteroatoms. The van der Waals surface area contributed by atoms with Gasteiger partial charge in [0, 0.05) is 16.7 Å². The van der Waals surface area contributed by atoms with E-state index in [1.807, 2.05) is 0 Å². The van der Waals surface area contributed by atoms with Crippen LogP contribution >= 0.6 is 34.8 Å². The van der Waals surface area contributed by atoms with E-state index in [4.69, 9.17) is 34.8 Å². The first-order valence-corrected chi connectivity index (χ1v) is 13.3. The van der Waals surface area contributed by atoms with Crippen molar-refractivity contribution in [3.63, 3.8) is 0 Å². The van der Waals surface area contributed by atoms with Gasteiger partial charge in [-0.2, -0.15) is 39.5 Å². The Labute approximate surface area is 263 Å². The molecule has 0 bridgehead atoms. The van der Waals surface area contributed by atoms with Crippen LogP contribution in [0.3, 0.4) is 0 Å². The van der Waals surface area contributed by atoms with Crippen LogP contribution in [0.15, 0.2) is 84.9 Å². The van der Waals surface area contributed by atoms with Crippen LogP contribution in [0.5, 0.6) is 0 Å². The fourth-order valence-electron chi connectivity index (χ4n) is 3.85. The van der Waals surface area contributed by atoms with Crippen LogP contribution in [-0.2, 0) is 18.5 Å². The highest BCUT2D eigenvalue weighted by Crippen LogP contribution is 2.37. The molecule has 5 rings (SSSR count). The molecule has 4 nitrogen and oxygen atoms in total. The fourth-order valence-corrected chi connectivity index (χ4v) is 4.35. The molecule has 3 aromatic carbocycles. The maximum absolute atomic E-state index is 12.7. The Balaban J connectivity index is 0.000000222. The summed E-state index contributed by atoms with van der Waals surface area (Å²) >= 11 is 17.3. The third-order valence-electron chi connectivity index (χ3n) is 6.02. The van der Waals surface area contributed by atoms with Gasteiger partial charge in [0.2, 0.25) is 0 Å². The molecule has 0 atom stereocenters. The molecule has 2 aromatic heterocycles. The Bertz CT molecular complexity index is 1770. The smallest absolute Gasteiger partial charge is 0.166 e. The molecule has 45 heavy (non-hydrogen) atoms. The summed E-state index contributed by atoms with van der Waals surface area (Å²) in [7, 11) is 0. The van der Waals surface area contributed by atoms with E-state index in [-0.39, 0.29) is 21.2 Å². The number of hydrogen-bond donors (Lipinski definition) is 0. The van der Waals surface area contributed by atoms with E-state index in [1.165, 1.54) is 48.5 Å². The lowest BCUT2D eigenvalue weighted by molar-refractivity contribution is -0.138. The molecular formula is C29H14Cl3F9N4. The molecule has 0 aliphatic heterocycles. The van der Waals surface area contributed by atoms with Crippen molar-refractivity contribution >= 4 is 34.8 Å². The second kappa shape index (κ2) is 13.2. The number of rotatable bonds is 3. The largest absolute Gasteiger partial charge is 0.416 e. The minimum absolute atomic E-state index is 0.000518. The minimum Gasteiger partial charge on any atom is -0.166 e. The molecule has 234 valence electrons. The molecule has 0 saturated heterocycles. The zero-order valence-electron chi connectivity index (χ0n) is 21.9. The topological polar surface area (TPSA) is 51.6 Å². The van der Waals surface area contributed by atoms with Gasteiger partial charge in [0.15, 0.2) is 15.5 Å². The van der Waals surface area contributed by atoms with Crippen LogP contribution in [0.2, 0.25) is 15.5 Å². The average Bonchev–Trinajstić information content (AvgIpc) is 2.97. The maximum atomic E-state index is 12.7. The van der Waals surface area contributed by atoms with Gasteiger partial charge in [0.1, 0.15) is 5.69 Å². The molecule has 2 heterocycles. The van der Waals surface area contributed by atoms with E-state index in [1.54, 1.807) is 0 Å². The Morgan fingerprint density at radius 1 is 0.400 bits per heavy atom. The van der Waals surface area contributed by atoms with Gasteiger partial charge < -0.3 is 0 Å². The van der Waals surface area contributed by atoms with Crippen molar-refractivity contribution in [2.45, 2.75) is 18.5 Å². The zero-order valence-corrected chi connectivity index (χ0v) is 24.2. The van der Waals surface area contributed by atoms with Crippen molar-refractivity contribution in [1.82, 2.24) is 20.4 Å². The first-order chi connectivity index (χ1) is 20.9. The van der Waals surface area contributed by atoms with Crippen LogP contribution in [0.1, 0.15) is 16.7 Å². The van der Waals surface area contributed by atoms with Gasteiger partial charge in [-0.05, 0) is 59.7 Å². The number of aromatic nitrogens is 4. The number of benzene rings is 3. The van der Waals surface area contributed by atoms with Crippen LogP contribution in [0.25, 0.3) is 33.5 Å². The van der Waals surface area contributed by atoms with Crippen LogP contribution in [0, 0.1) is 0 Å². The van der Waals surface area contributed by atoms with Gasteiger partial charge in [-0.15, -0.1) is 20.4 Å². The van der Waals surface area contributed by atoms with E-state index in [0.717, 1.165) is 36.4 Å². The van der Waals surface area contributed by atoms with Crippen molar-refractivity contribution < 1.29 is 39.5 Å². The first kappa shape index (κ1) is 33.9. The summed E-state index contributed by atoms with van der Waals surface area (Å²) in [6.45, 7) is 0. The summed E-state index contributed by atoms with van der Waals surface area (Å²) in [6, 6.07) is 15.9. The van der Waals surface area contributed by atoms with E-state index in [9.17, 15) is 39.5 Å². The number of nitrogens with zero attached hydrogens (tertiary/aromatic N) is 4. The first-order valence-electron chi connectivity index (χ1n) is 12.2. The molecule has 0 fully saturated rings. The van der Waals surface area contributed by atoms with Crippen molar-refractivity contribution in [2.24, 2.45) is 0 Å². The molecule has 0 aliphatic rings. The number of alkyl halides is 9. The lowest BCUT2D eigenvalue weighted by Crippen LogP contribution is -2.04. The van der Waals surface area contributed by atoms with Gasteiger partial charge in [0.05, 0.1) is 16.7 Å². The van der Waals surface area contributed by atoms with Gasteiger partial charge in [-0.1, -0.05) is 71.2 Å². The lowest BCUT2D eigenvalue weighted by atomic mass is 9.98. The standard InChI is InChI=1S/C18H9ClF6N2.C11H5Cl2F3N2/c19-15-9-14(10-1-5-12(6-2-10)17(20,21)22)16(27-26-15)11-3-7-13(8-4-11)18(23,24)25;12-9-5-8(10(13)18-17-9)6-1-3-7(4-2-6)11(14,15)16/h1-9H;1-5H. The van der Waals surface area contributed by atoms with Crippen LogP contribution in [-0.4, -0.2) is 20.4 Å². The third-order valence-corrected chi connectivity index (χ3v) is 6.66. The average molecular weight is 696 g/mol. The van der Waals surface area contributed by atoms with Crippen molar-refractivity contribution in [1.29, 1.82) is 0 Å². The Hall–Kier alpha value is -3.94. The van der Waals surface area contributed by atoms with Gasteiger partial charge >= 0.3 is 18.5 Å². The highest BCUT2D eigenvalue weighted by Gasteiger charge is 2.32. The van der Waals surface area contributed by atoms with Gasteiger partial charge in [-0.25, -0.2) is 0 Å². The molecule has 5 aromatic rings. The fraction of sp³-hybridized carbons (Fsp3) is 0.103. The summed E-state index contributed by atoms with van der Waals surface area (Å²) in [4.78, 5) is 0. The summed E-state index contributed by atoms with van der Waals surface area (Å²) in [5, 5.41) is 14.9. The molecule has 0 radical (unpaired) electrons. The van der Waals surface area contributed by atoms with Gasteiger partial charge in [0.25, 0.3) is 0 Å².